The number of amides is 5. The molecular formula is C19H31N5O8. The van der Waals surface area contributed by atoms with Crippen molar-refractivity contribution in [2.45, 2.75) is 38.8 Å². The van der Waals surface area contributed by atoms with Crippen LogP contribution >= 0.6 is 0 Å². The van der Waals surface area contributed by atoms with Crippen LogP contribution < -0.4 is 21.3 Å². The quantitative estimate of drug-likeness (QED) is 0.272. The number of nitrogens with one attached hydrogen (secondary N) is 4. The number of carbonyl (C=O) groups is 6. The molecule has 180 valence electrons. The van der Waals surface area contributed by atoms with E-state index in [2.05, 4.69) is 21.3 Å². The first-order valence-corrected chi connectivity index (χ1v) is 10.2. The molecule has 5 N–H and O–H groups in total. The standard InChI is InChI=1S/C19H31N5O8/c1-11(2)6-13-19(31)22-8-15(27)23-12(10-25)18(30)21-7-14(26)20-9-17(29)32-5-4-16(28)24(13)3/h11-13,25H,4-10H2,1-3H3,(H,20,26)(H,21,30)(H,22,31)(H,23,27). The van der Waals surface area contributed by atoms with Gasteiger partial charge in [0.15, 0.2) is 0 Å². The molecule has 0 aliphatic carbocycles. The lowest BCUT2D eigenvalue weighted by molar-refractivity contribution is -0.147. The molecule has 1 aliphatic rings. The fraction of sp³-hybridized carbons (Fsp3) is 0.684. The molecule has 0 spiro atoms. The Bertz CT molecular complexity index is 727. The van der Waals surface area contributed by atoms with Crippen molar-refractivity contribution in [3.8, 4) is 0 Å². The van der Waals surface area contributed by atoms with E-state index in [4.69, 9.17) is 4.74 Å². The third-order valence-electron chi connectivity index (χ3n) is 4.55. The predicted molar refractivity (Wildman–Crippen MR) is 110 cm³/mol. The van der Waals surface area contributed by atoms with Crippen LogP contribution in [0.2, 0.25) is 0 Å². The van der Waals surface area contributed by atoms with Crippen molar-refractivity contribution < 1.29 is 38.6 Å². The molecule has 1 heterocycles. The van der Waals surface area contributed by atoms with Crippen molar-refractivity contribution in [3.05, 3.63) is 0 Å². The van der Waals surface area contributed by atoms with E-state index in [9.17, 15) is 33.9 Å². The number of nitrogens with zero attached hydrogens (tertiary/aromatic N) is 1. The second-order valence-electron chi connectivity index (χ2n) is 7.64. The van der Waals surface area contributed by atoms with Gasteiger partial charge >= 0.3 is 5.97 Å². The number of likely N-dealkylation sites (N-methyl/N-ethyl adjacent to an activating group) is 1. The van der Waals surface area contributed by atoms with E-state index in [1.165, 1.54) is 11.9 Å². The molecule has 13 heteroatoms. The van der Waals surface area contributed by atoms with Crippen LogP contribution in [0.25, 0.3) is 0 Å². The second kappa shape index (κ2) is 13.2. The summed E-state index contributed by atoms with van der Waals surface area (Å²) in [5, 5.41) is 18.5. The van der Waals surface area contributed by atoms with Crippen molar-refractivity contribution in [2.24, 2.45) is 5.92 Å². The van der Waals surface area contributed by atoms with Crippen molar-refractivity contribution in [1.82, 2.24) is 26.2 Å². The van der Waals surface area contributed by atoms with E-state index < -0.39 is 73.8 Å². The number of rotatable bonds is 3. The van der Waals surface area contributed by atoms with Gasteiger partial charge in [-0.3, -0.25) is 28.8 Å². The zero-order chi connectivity index (χ0) is 24.3. The van der Waals surface area contributed by atoms with E-state index in [1.807, 2.05) is 13.8 Å². The van der Waals surface area contributed by atoms with E-state index in [1.54, 1.807) is 0 Å². The summed E-state index contributed by atoms with van der Waals surface area (Å²) in [7, 11) is 1.44. The number of esters is 1. The van der Waals surface area contributed by atoms with Crippen LogP contribution in [0.4, 0.5) is 0 Å². The summed E-state index contributed by atoms with van der Waals surface area (Å²) >= 11 is 0. The Kier molecular flexibility index (Phi) is 11.1. The van der Waals surface area contributed by atoms with Gasteiger partial charge in [0.05, 0.1) is 26.1 Å². The van der Waals surface area contributed by atoms with Gasteiger partial charge in [-0.1, -0.05) is 13.8 Å². The summed E-state index contributed by atoms with van der Waals surface area (Å²) < 4.78 is 4.91. The lowest BCUT2D eigenvalue weighted by Gasteiger charge is -2.28. The first-order valence-electron chi connectivity index (χ1n) is 10.2. The summed E-state index contributed by atoms with van der Waals surface area (Å²) in [4.78, 5) is 74.0. The van der Waals surface area contributed by atoms with E-state index in [-0.39, 0.29) is 18.9 Å². The summed E-state index contributed by atoms with van der Waals surface area (Å²) in [6.07, 6.45) is 0.149. The highest BCUT2D eigenvalue weighted by Crippen LogP contribution is 2.12. The molecule has 5 amide bonds. The van der Waals surface area contributed by atoms with Crippen LogP contribution in [0, 0.1) is 5.92 Å². The molecule has 2 atom stereocenters. The second-order valence-corrected chi connectivity index (χ2v) is 7.64. The van der Waals surface area contributed by atoms with Gasteiger partial charge in [-0.15, -0.1) is 0 Å². The number of ether oxygens (including phenoxy) is 1. The third kappa shape index (κ3) is 9.29. The molecule has 1 rings (SSSR count). The number of hydrogen-bond acceptors (Lipinski definition) is 8. The van der Waals surface area contributed by atoms with Crippen LogP contribution in [0.5, 0.6) is 0 Å². The molecule has 1 aliphatic heterocycles. The highest BCUT2D eigenvalue weighted by atomic mass is 16.5. The summed E-state index contributed by atoms with van der Waals surface area (Å²) in [6, 6.07) is -2.22. The van der Waals surface area contributed by atoms with Gasteiger partial charge in [0.1, 0.15) is 25.2 Å². The van der Waals surface area contributed by atoms with Gasteiger partial charge in [-0.2, -0.15) is 0 Å². The highest BCUT2D eigenvalue weighted by molar-refractivity contribution is 5.94. The number of aliphatic hydroxyl groups is 1. The Morgan fingerprint density at radius 2 is 1.59 bits per heavy atom. The van der Waals surface area contributed by atoms with E-state index >= 15 is 0 Å². The van der Waals surface area contributed by atoms with Crippen LogP contribution in [0.3, 0.4) is 0 Å². The van der Waals surface area contributed by atoms with Crippen LogP contribution in [0.1, 0.15) is 26.7 Å². The van der Waals surface area contributed by atoms with E-state index in [0.29, 0.717) is 6.42 Å². The molecule has 1 saturated heterocycles. The van der Waals surface area contributed by atoms with Crippen molar-refractivity contribution >= 4 is 35.5 Å². The normalized spacial score (nSPS) is 23.2. The van der Waals surface area contributed by atoms with Gasteiger partial charge in [0.25, 0.3) is 0 Å². The molecule has 0 aromatic heterocycles. The lowest BCUT2D eigenvalue weighted by Crippen LogP contribution is -2.54. The summed E-state index contributed by atoms with van der Waals surface area (Å²) in [5.41, 5.74) is 0. The molecule has 2 unspecified atom stereocenters. The smallest absolute Gasteiger partial charge is 0.325 e. The maximum Gasteiger partial charge on any atom is 0.325 e. The minimum atomic E-state index is -1.35. The van der Waals surface area contributed by atoms with Gasteiger partial charge < -0.3 is 36.0 Å². The largest absolute Gasteiger partial charge is 0.464 e. The Balaban J connectivity index is 2.98. The maximum absolute atomic E-state index is 12.6. The lowest BCUT2D eigenvalue weighted by atomic mass is 10.0. The van der Waals surface area contributed by atoms with Gasteiger partial charge in [-0.25, -0.2) is 0 Å². The molecular weight excluding hydrogens is 426 g/mol. The Morgan fingerprint density at radius 3 is 2.22 bits per heavy atom. The Hall–Kier alpha value is -3.22. The molecule has 32 heavy (non-hydrogen) atoms. The zero-order valence-corrected chi connectivity index (χ0v) is 18.4. The van der Waals surface area contributed by atoms with Crippen molar-refractivity contribution in [1.29, 1.82) is 0 Å². The van der Waals surface area contributed by atoms with Crippen molar-refractivity contribution in [3.63, 3.8) is 0 Å². The molecule has 13 nitrogen and oxygen atoms in total. The van der Waals surface area contributed by atoms with Gasteiger partial charge in [0, 0.05) is 7.05 Å². The third-order valence-corrected chi connectivity index (χ3v) is 4.55. The number of carbonyl (C=O) groups excluding carboxylic acids is 6. The topological polar surface area (TPSA) is 183 Å². The van der Waals surface area contributed by atoms with E-state index in [0.717, 1.165) is 0 Å². The Morgan fingerprint density at radius 1 is 0.969 bits per heavy atom. The number of hydrogen-bond donors (Lipinski definition) is 5. The minimum Gasteiger partial charge on any atom is -0.464 e. The first kappa shape index (κ1) is 26.8. The monoisotopic (exact) mass is 457 g/mol. The predicted octanol–water partition coefficient (Wildman–Crippen LogP) is -3.37. The zero-order valence-electron chi connectivity index (χ0n) is 18.4. The molecule has 0 saturated carbocycles. The fourth-order valence-electron chi connectivity index (χ4n) is 2.79. The van der Waals surface area contributed by atoms with Crippen LogP contribution in [-0.2, 0) is 33.5 Å². The Labute approximate surface area is 185 Å². The molecule has 0 aromatic carbocycles. The fourth-order valence-corrected chi connectivity index (χ4v) is 2.79. The highest BCUT2D eigenvalue weighted by Gasteiger charge is 2.28. The first-order chi connectivity index (χ1) is 15.0. The van der Waals surface area contributed by atoms with Crippen LogP contribution in [-0.4, -0.2) is 97.5 Å². The number of cyclic esters (lactones) is 1. The summed E-state index contributed by atoms with van der Waals surface area (Å²) in [6.45, 7) is 1.28. The maximum atomic E-state index is 12.6. The van der Waals surface area contributed by atoms with Gasteiger partial charge in [-0.05, 0) is 12.3 Å². The number of aliphatic hydroxyl groups excluding tert-OH is 1. The molecule has 1 fully saturated rings. The minimum absolute atomic E-state index is 0.0559. The average Bonchev–Trinajstić information content (AvgIpc) is 2.74. The SMILES string of the molecule is CC(C)CC1C(=O)NCC(=O)NC(CO)C(=O)NCC(=O)NCC(=O)OCCC(=O)N1C. The average molecular weight is 457 g/mol. The molecule has 0 bridgehead atoms. The summed E-state index contributed by atoms with van der Waals surface area (Å²) in [5.74, 6) is -4.01. The van der Waals surface area contributed by atoms with Crippen molar-refractivity contribution in [2.75, 3.05) is 39.9 Å². The molecule has 0 aromatic rings. The van der Waals surface area contributed by atoms with Crippen LogP contribution in [0.15, 0.2) is 0 Å². The molecule has 0 radical (unpaired) electrons. The van der Waals surface area contributed by atoms with Gasteiger partial charge in [0.2, 0.25) is 29.5 Å².